The highest BCUT2D eigenvalue weighted by Gasteiger charge is 2.16. The standard InChI is InChI=1S/C15H15BrFNO2/c1-19-13-6-4-10(16)8-11(13)15(18)9-3-5-14(20-2)12(17)7-9/h3-8,15H,18H2,1-2H3. The Morgan fingerprint density at radius 2 is 1.70 bits per heavy atom. The molecule has 0 aromatic heterocycles. The number of rotatable bonds is 4. The highest BCUT2D eigenvalue weighted by molar-refractivity contribution is 9.10. The first-order valence-corrected chi connectivity index (χ1v) is 6.78. The van der Waals surface area contributed by atoms with E-state index in [4.69, 9.17) is 15.2 Å². The lowest BCUT2D eigenvalue weighted by Crippen LogP contribution is -2.13. The van der Waals surface area contributed by atoms with Crippen LogP contribution in [-0.4, -0.2) is 14.2 Å². The summed E-state index contributed by atoms with van der Waals surface area (Å²) in [6.45, 7) is 0. The van der Waals surface area contributed by atoms with E-state index in [1.165, 1.54) is 13.2 Å². The van der Waals surface area contributed by atoms with Gasteiger partial charge in [-0.1, -0.05) is 22.0 Å². The van der Waals surface area contributed by atoms with Crippen molar-refractivity contribution in [2.45, 2.75) is 6.04 Å². The van der Waals surface area contributed by atoms with Crippen molar-refractivity contribution in [1.29, 1.82) is 0 Å². The van der Waals surface area contributed by atoms with Crippen molar-refractivity contribution < 1.29 is 13.9 Å². The highest BCUT2D eigenvalue weighted by Crippen LogP contribution is 2.32. The van der Waals surface area contributed by atoms with Crippen molar-refractivity contribution >= 4 is 15.9 Å². The Balaban J connectivity index is 2.43. The zero-order valence-electron chi connectivity index (χ0n) is 11.2. The minimum atomic E-state index is -0.483. The molecule has 2 N–H and O–H groups in total. The summed E-state index contributed by atoms with van der Waals surface area (Å²) in [6, 6.07) is 9.75. The van der Waals surface area contributed by atoms with Gasteiger partial charge in [0.05, 0.1) is 20.3 Å². The van der Waals surface area contributed by atoms with Gasteiger partial charge in [0.2, 0.25) is 0 Å². The molecule has 0 heterocycles. The summed E-state index contributed by atoms with van der Waals surface area (Å²) in [5, 5.41) is 0. The van der Waals surface area contributed by atoms with Gasteiger partial charge in [-0.25, -0.2) is 4.39 Å². The molecule has 0 aliphatic carbocycles. The third kappa shape index (κ3) is 2.94. The first-order chi connectivity index (χ1) is 9.56. The van der Waals surface area contributed by atoms with E-state index in [1.54, 1.807) is 19.2 Å². The Morgan fingerprint density at radius 1 is 1.05 bits per heavy atom. The van der Waals surface area contributed by atoms with Gasteiger partial charge < -0.3 is 15.2 Å². The molecule has 1 unspecified atom stereocenters. The smallest absolute Gasteiger partial charge is 0.165 e. The summed E-state index contributed by atoms with van der Waals surface area (Å²) < 4.78 is 24.9. The molecule has 0 radical (unpaired) electrons. The Bertz CT molecular complexity index is 619. The second kappa shape index (κ2) is 6.24. The van der Waals surface area contributed by atoms with E-state index >= 15 is 0 Å². The van der Waals surface area contributed by atoms with Crippen LogP contribution in [0.4, 0.5) is 4.39 Å². The summed E-state index contributed by atoms with van der Waals surface area (Å²) in [4.78, 5) is 0. The van der Waals surface area contributed by atoms with Crippen LogP contribution in [-0.2, 0) is 0 Å². The van der Waals surface area contributed by atoms with Crippen LogP contribution in [0, 0.1) is 5.82 Å². The molecular formula is C15H15BrFNO2. The van der Waals surface area contributed by atoms with Crippen LogP contribution >= 0.6 is 15.9 Å². The van der Waals surface area contributed by atoms with E-state index in [0.29, 0.717) is 11.3 Å². The van der Waals surface area contributed by atoms with Crippen molar-refractivity contribution in [3.05, 3.63) is 57.8 Å². The van der Waals surface area contributed by atoms with E-state index < -0.39 is 11.9 Å². The predicted octanol–water partition coefficient (Wildman–Crippen LogP) is 3.65. The minimum Gasteiger partial charge on any atom is -0.496 e. The topological polar surface area (TPSA) is 44.5 Å². The van der Waals surface area contributed by atoms with Crippen LogP contribution < -0.4 is 15.2 Å². The zero-order chi connectivity index (χ0) is 14.7. The monoisotopic (exact) mass is 339 g/mol. The van der Waals surface area contributed by atoms with Crippen LogP contribution in [0.5, 0.6) is 11.5 Å². The third-order valence-corrected chi connectivity index (χ3v) is 3.56. The molecule has 3 nitrogen and oxygen atoms in total. The number of benzene rings is 2. The Kier molecular flexibility index (Phi) is 4.62. The number of ether oxygens (including phenoxy) is 2. The van der Waals surface area contributed by atoms with Crippen LogP contribution in [0.2, 0.25) is 0 Å². The Labute approximate surface area is 125 Å². The molecule has 0 fully saturated rings. The number of hydrogen-bond donors (Lipinski definition) is 1. The summed E-state index contributed by atoms with van der Waals surface area (Å²) in [6.07, 6.45) is 0. The maximum absolute atomic E-state index is 13.8. The second-order valence-corrected chi connectivity index (χ2v) is 5.17. The van der Waals surface area contributed by atoms with E-state index in [0.717, 1.165) is 10.0 Å². The normalized spacial score (nSPS) is 12.1. The van der Waals surface area contributed by atoms with Gasteiger partial charge in [0, 0.05) is 10.0 Å². The maximum atomic E-state index is 13.8. The molecule has 106 valence electrons. The molecule has 2 aromatic carbocycles. The first kappa shape index (κ1) is 14.8. The predicted molar refractivity (Wildman–Crippen MR) is 79.7 cm³/mol. The highest BCUT2D eigenvalue weighted by atomic mass is 79.9. The van der Waals surface area contributed by atoms with Crippen LogP contribution in [0.3, 0.4) is 0 Å². The van der Waals surface area contributed by atoms with E-state index in [9.17, 15) is 4.39 Å². The van der Waals surface area contributed by atoms with E-state index in [1.807, 2.05) is 18.2 Å². The lowest BCUT2D eigenvalue weighted by molar-refractivity contribution is 0.386. The van der Waals surface area contributed by atoms with Crippen molar-refractivity contribution in [3.63, 3.8) is 0 Å². The Morgan fingerprint density at radius 3 is 2.30 bits per heavy atom. The van der Waals surface area contributed by atoms with Crippen molar-refractivity contribution in [2.75, 3.05) is 14.2 Å². The molecule has 0 saturated heterocycles. The molecule has 0 aliphatic rings. The molecular weight excluding hydrogens is 325 g/mol. The molecule has 2 rings (SSSR count). The van der Waals surface area contributed by atoms with Crippen molar-refractivity contribution in [3.8, 4) is 11.5 Å². The summed E-state index contributed by atoms with van der Waals surface area (Å²) in [5.74, 6) is 0.425. The Hall–Kier alpha value is -1.59. The lowest BCUT2D eigenvalue weighted by atomic mass is 9.98. The van der Waals surface area contributed by atoms with Crippen molar-refractivity contribution in [2.24, 2.45) is 5.73 Å². The maximum Gasteiger partial charge on any atom is 0.165 e. The minimum absolute atomic E-state index is 0.196. The van der Waals surface area contributed by atoms with Gasteiger partial charge in [0.25, 0.3) is 0 Å². The molecule has 1 atom stereocenters. The number of hydrogen-bond acceptors (Lipinski definition) is 3. The van der Waals surface area contributed by atoms with Gasteiger partial charge in [0.1, 0.15) is 5.75 Å². The van der Waals surface area contributed by atoms with Gasteiger partial charge >= 0.3 is 0 Å². The fourth-order valence-electron chi connectivity index (χ4n) is 2.00. The average Bonchev–Trinajstić information content (AvgIpc) is 2.46. The van der Waals surface area contributed by atoms with Crippen LogP contribution in [0.1, 0.15) is 17.2 Å². The molecule has 0 aliphatic heterocycles. The molecule has 0 bridgehead atoms. The quantitative estimate of drug-likeness (QED) is 0.924. The fourth-order valence-corrected chi connectivity index (χ4v) is 2.38. The molecule has 0 saturated carbocycles. The van der Waals surface area contributed by atoms with Gasteiger partial charge in [-0.05, 0) is 35.9 Å². The van der Waals surface area contributed by atoms with Crippen LogP contribution in [0.15, 0.2) is 40.9 Å². The zero-order valence-corrected chi connectivity index (χ0v) is 12.8. The molecule has 0 amide bonds. The van der Waals surface area contributed by atoms with Gasteiger partial charge in [-0.15, -0.1) is 0 Å². The summed E-state index contributed by atoms with van der Waals surface area (Å²) in [5.41, 5.74) is 7.65. The number of halogens is 2. The first-order valence-electron chi connectivity index (χ1n) is 5.99. The average molecular weight is 340 g/mol. The van der Waals surface area contributed by atoms with Gasteiger partial charge in [-0.2, -0.15) is 0 Å². The third-order valence-electron chi connectivity index (χ3n) is 3.06. The fraction of sp³-hybridized carbons (Fsp3) is 0.200. The van der Waals surface area contributed by atoms with Crippen LogP contribution in [0.25, 0.3) is 0 Å². The number of nitrogens with two attached hydrogens (primary N) is 1. The molecule has 0 spiro atoms. The van der Waals surface area contributed by atoms with E-state index in [-0.39, 0.29) is 5.75 Å². The van der Waals surface area contributed by atoms with Gasteiger partial charge in [-0.3, -0.25) is 0 Å². The van der Waals surface area contributed by atoms with E-state index in [2.05, 4.69) is 15.9 Å². The molecule has 20 heavy (non-hydrogen) atoms. The summed E-state index contributed by atoms with van der Waals surface area (Å²) in [7, 11) is 3.00. The second-order valence-electron chi connectivity index (χ2n) is 4.26. The lowest BCUT2D eigenvalue weighted by Gasteiger charge is -2.17. The largest absolute Gasteiger partial charge is 0.496 e. The molecule has 2 aromatic rings. The number of methoxy groups -OCH3 is 2. The van der Waals surface area contributed by atoms with Crippen molar-refractivity contribution in [1.82, 2.24) is 0 Å². The summed E-state index contributed by atoms with van der Waals surface area (Å²) >= 11 is 3.40. The SMILES string of the molecule is COc1ccc(C(N)c2cc(Br)ccc2OC)cc1F. The molecule has 5 heteroatoms. The van der Waals surface area contributed by atoms with Gasteiger partial charge in [0.15, 0.2) is 11.6 Å².